The molecule has 1 aromatic carbocycles. The standard InChI is InChI=1S/C13H19N3OS/c14-8-10-3-5-11(6-4-10)12(7-9-1-2-9)18-16-13(15)17/h3-6,9,12H,1-2,7-8,14H2,(H3,15,16,17)/t12-/m0/s1. The normalized spacial score (nSPS) is 16.3. The SMILES string of the molecule is NCc1ccc([C@H](CC2CC2)SNC(N)=O)cc1. The minimum Gasteiger partial charge on any atom is -0.351 e. The van der Waals surface area contributed by atoms with Crippen LogP contribution in [0, 0.1) is 5.92 Å². The number of urea groups is 1. The number of hydrogen-bond acceptors (Lipinski definition) is 3. The van der Waals surface area contributed by atoms with Crippen molar-refractivity contribution in [2.45, 2.75) is 31.1 Å². The van der Waals surface area contributed by atoms with E-state index in [4.69, 9.17) is 11.5 Å². The van der Waals surface area contributed by atoms with Gasteiger partial charge in [0, 0.05) is 11.8 Å². The molecule has 1 aromatic rings. The van der Waals surface area contributed by atoms with E-state index in [2.05, 4.69) is 16.9 Å². The molecule has 1 atom stereocenters. The zero-order chi connectivity index (χ0) is 13.0. The third-order valence-corrected chi connectivity index (χ3v) is 4.20. The molecule has 0 radical (unpaired) electrons. The maximum absolute atomic E-state index is 10.8. The number of primary amides is 1. The van der Waals surface area contributed by atoms with Crippen LogP contribution in [0.25, 0.3) is 0 Å². The zero-order valence-electron chi connectivity index (χ0n) is 10.3. The number of amides is 2. The molecule has 0 bridgehead atoms. The Morgan fingerprint density at radius 1 is 1.39 bits per heavy atom. The van der Waals surface area contributed by atoms with Crippen LogP contribution in [-0.4, -0.2) is 6.03 Å². The second-order valence-corrected chi connectivity index (χ2v) is 5.71. The van der Waals surface area contributed by atoms with Gasteiger partial charge in [-0.2, -0.15) is 0 Å². The van der Waals surface area contributed by atoms with Crippen LogP contribution in [0.5, 0.6) is 0 Å². The Morgan fingerprint density at radius 3 is 2.56 bits per heavy atom. The van der Waals surface area contributed by atoms with Crippen LogP contribution in [0.4, 0.5) is 4.79 Å². The summed E-state index contributed by atoms with van der Waals surface area (Å²) in [7, 11) is 0. The van der Waals surface area contributed by atoms with E-state index in [0.29, 0.717) is 6.54 Å². The van der Waals surface area contributed by atoms with Gasteiger partial charge in [-0.15, -0.1) is 0 Å². The fraction of sp³-hybridized carbons (Fsp3) is 0.462. The van der Waals surface area contributed by atoms with Crippen LogP contribution in [0.1, 0.15) is 35.6 Å². The Kier molecular flexibility index (Phi) is 4.49. The van der Waals surface area contributed by atoms with E-state index in [1.54, 1.807) is 0 Å². The van der Waals surface area contributed by atoms with E-state index < -0.39 is 6.03 Å². The van der Waals surface area contributed by atoms with Crippen molar-refractivity contribution in [3.63, 3.8) is 0 Å². The summed E-state index contributed by atoms with van der Waals surface area (Å²) in [6.45, 7) is 0.556. The molecule has 2 amide bonds. The highest BCUT2D eigenvalue weighted by molar-refractivity contribution is 7.98. The van der Waals surface area contributed by atoms with Crippen molar-refractivity contribution in [1.82, 2.24) is 4.72 Å². The Hall–Kier alpha value is -1.20. The summed E-state index contributed by atoms with van der Waals surface area (Å²) in [5.41, 5.74) is 13.1. The first-order valence-corrected chi connectivity index (χ1v) is 7.07. The fourth-order valence-electron chi connectivity index (χ4n) is 1.91. The molecule has 0 aromatic heterocycles. The van der Waals surface area contributed by atoms with Crippen LogP contribution < -0.4 is 16.2 Å². The van der Waals surface area contributed by atoms with Gasteiger partial charge in [0.05, 0.1) is 0 Å². The molecule has 2 rings (SSSR count). The van der Waals surface area contributed by atoms with E-state index in [1.165, 1.54) is 30.4 Å². The van der Waals surface area contributed by atoms with Crippen molar-refractivity contribution in [1.29, 1.82) is 0 Å². The van der Waals surface area contributed by atoms with Crippen LogP contribution >= 0.6 is 11.9 Å². The lowest BCUT2D eigenvalue weighted by Gasteiger charge is -2.16. The molecule has 0 aliphatic heterocycles. The third-order valence-electron chi connectivity index (χ3n) is 3.13. The van der Waals surface area contributed by atoms with Gasteiger partial charge in [0.25, 0.3) is 0 Å². The van der Waals surface area contributed by atoms with Gasteiger partial charge in [-0.1, -0.05) is 37.1 Å². The first-order chi connectivity index (χ1) is 8.69. The molecule has 0 heterocycles. The maximum atomic E-state index is 10.8. The first kappa shape index (κ1) is 13.2. The van der Waals surface area contributed by atoms with Gasteiger partial charge in [-0.3, -0.25) is 4.72 Å². The minimum absolute atomic E-state index is 0.275. The van der Waals surface area contributed by atoms with Crippen molar-refractivity contribution in [2.75, 3.05) is 0 Å². The second-order valence-electron chi connectivity index (χ2n) is 4.70. The molecule has 5 heteroatoms. The van der Waals surface area contributed by atoms with Crippen molar-refractivity contribution in [3.05, 3.63) is 35.4 Å². The van der Waals surface area contributed by atoms with E-state index in [9.17, 15) is 4.79 Å². The average Bonchev–Trinajstić information content (AvgIpc) is 3.18. The zero-order valence-corrected chi connectivity index (χ0v) is 11.1. The van der Waals surface area contributed by atoms with E-state index >= 15 is 0 Å². The molecule has 1 saturated carbocycles. The monoisotopic (exact) mass is 265 g/mol. The molecule has 1 fully saturated rings. The fourth-order valence-corrected chi connectivity index (χ4v) is 2.83. The van der Waals surface area contributed by atoms with Crippen LogP contribution in [0.3, 0.4) is 0 Å². The number of nitrogens with one attached hydrogen (secondary N) is 1. The second kappa shape index (κ2) is 6.11. The number of nitrogens with two attached hydrogens (primary N) is 2. The third kappa shape index (κ3) is 3.92. The van der Waals surface area contributed by atoms with Crippen molar-refractivity contribution in [3.8, 4) is 0 Å². The van der Waals surface area contributed by atoms with Gasteiger partial charge < -0.3 is 11.5 Å². The molecule has 4 nitrogen and oxygen atoms in total. The van der Waals surface area contributed by atoms with Crippen molar-refractivity contribution < 1.29 is 4.79 Å². The van der Waals surface area contributed by atoms with Gasteiger partial charge in [-0.05, 0) is 35.4 Å². The molecular formula is C13H19N3OS. The number of carbonyl (C=O) groups excluding carboxylic acids is 1. The largest absolute Gasteiger partial charge is 0.351 e. The van der Waals surface area contributed by atoms with E-state index in [-0.39, 0.29) is 5.25 Å². The van der Waals surface area contributed by atoms with E-state index in [0.717, 1.165) is 17.9 Å². The number of benzene rings is 1. The highest BCUT2D eigenvalue weighted by Gasteiger charge is 2.27. The van der Waals surface area contributed by atoms with Gasteiger partial charge in [0.2, 0.25) is 0 Å². The summed E-state index contributed by atoms with van der Waals surface area (Å²) in [4.78, 5) is 10.8. The Balaban J connectivity index is 2.02. The predicted molar refractivity (Wildman–Crippen MR) is 74.7 cm³/mol. The minimum atomic E-state index is -0.487. The summed E-state index contributed by atoms with van der Waals surface area (Å²) >= 11 is 1.41. The van der Waals surface area contributed by atoms with Gasteiger partial charge >= 0.3 is 6.03 Å². The smallest absolute Gasteiger partial charge is 0.322 e. The summed E-state index contributed by atoms with van der Waals surface area (Å²) < 4.78 is 2.64. The number of hydrogen-bond donors (Lipinski definition) is 3. The Morgan fingerprint density at radius 2 is 2.06 bits per heavy atom. The summed E-state index contributed by atoms with van der Waals surface area (Å²) in [5, 5.41) is 0.275. The molecule has 0 unspecified atom stereocenters. The Labute approximate surface area is 112 Å². The molecule has 0 spiro atoms. The highest BCUT2D eigenvalue weighted by Crippen LogP contribution is 2.42. The summed E-state index contributed by atoms with van der Waals surface area (Å²) in [5.74, 6) is 0.798. The molecular weight excluding hydrogens is 246 g/mol. The lowest BCUT2D eigenvalue weighted by atomic mass is 10.0. The molecule has 1 aliphatic carbocycles. The predicted octanol–water partition coefficient (Wildman–Crippen LogP) is 2.30. The van der Waals surface area contributed by atoms with E-state index in [1.807, 2.05) is 12.1 Å². The molecule has 98 valence electrons. The number of rotatable bonds is 6. The molecule has 18 heavy (non-hydrogen) atoms. The van der Waals surface area contributed by atoms with Gasteiger partial charge in [0.1, 0.15) is 0 Å². The van der Waals surface area contributed by atoms with Crippen LogP contribution in [-0.2, 0) is 6.54 Å². The average molecular weight is 265 g/mol. The van der Waals surface area contributed by atoms with Gasteiger partial charge in [-0.25, -0.2) is 4.79 Å². The van der Waals surface area contributed by atoms with Crippen LogP contribution in [0.2, 0.25) is 0 Å². The number of carbonyl (C=O) groups is 1. The first-order valence-electron chi connectivity index (χ1n) is 6.19. The van der Waals surface area contributed by atoms with Gasteiger partial charge in [0.15, 0.2) is 0 Å². The summed E-state index contributed by atoms with van der Waals surface area (Å²) in [6, 6.07) is 7.77. The molecule has 5 N–H and O–H groups in total. The lowest BCUT2D eigenvalue weighted by molar-refractivity contribution is 0.254. The van der Waals surface area contributed by atoms with Crippen molar-refractivity contribution >= 4 is 18.0 Å². The molecule has 0 saturated heterocycles. The maximum Gasteiger partial charge on any atom is 0.322 e. The highest BCUT2D eigenvalue weighted by atomic mass is 32.2. The van der Waals surface area contributed by atoms with Crippen molar-refractivity contribution in [2.24, 2.45) is 17.4 Å². The Bertz CT molecular complexity index is 403. The molecule has 1 aliphatic rings. The lowest BCUT2D eigenvalue weighted by Crippen LogP contribution is -2.24. The summed E-state index contributed by atoms with van der Waals surface area (Å²) in [6.07, 6.45) is 3.69. The topological polar surface area (TPSA) is 81.1 Å². The quantitative estimate of drug-likeness (QED) is 0.690. The van der Waals surface area contributed by atoms with Crippen LogP contribution in [0.15, 0.2) is 24.3 Å².